The van der Waals surface area contributed by atoms with Crippen LogP contribution in [0.4, 0.5) is 4.79 Å². The van der Waals surface area contributed by atoms with Crippen LogP contribution < -0.4 is 4.74 Å². The molecule has 0 saturated carbocycles. The largest absolute Gasteiger partial charge is 0.510 e. The van der Waals surface area contributed by atoms with E-state index in [-0.39, 0.29) is 13.2 Å². The van der Waals surface area contributed by atoms with E-state index in [2.05, 4.69) is 9.57 Å². The van der Waals surface area contributed by atoms with Gasteiger partial charge in [0.25, 0.3) is 5.09 Å². The van der Waals surface area contributed by atoms with Crippen LogP contribution >= 0.6 is 0 Å². The van der Waals surface area contributed by atoms with E-state index in [0.29, 0.717) is 12.8 Å². The fraction of sp³-hybridized carbons (Fsp3) is 0.435. The predicted molar refractivity (Wildman–Crippen MR) is 120 cm³/mol. The molecule has 2 rings (SSSR count). The number of methoxy groups -OCH3 is 1. The Bertz CT molecular complexity index is 1040. The maximum absolute atomic E-state index is 12.3. The highest BCUT2D eigenvalue weighted by Gasteiger charge is 2.19. The van der Waals surface area contributed by atoms with E-state index in [1.165, 1.54) is 0 Å². The summed E-state index contributed by atoms with van der Waals surface area (Å²) in [6.45, 7) is 2.31. The Morgan fingerprint density at radius 1 is 0.943 bits per heavy atom. The minimum atomic E-state index is -1.39. The van der Waals surface area contributed by atoms with Crippen LogP contribution in [0.15, 0.2) is 36.4 Å². The Balaban J connectivity index is 1.63. The molecule has 0 aromatic heterocycles. The minimum Gasteiger partial charge on any atom is -0.497 e. The van der Waals surface area contributed by atoms with E-state index in [1.54, 1.807) is 14.0 Å². The van der Waals surface area contributed by atoms with Crippen molar-refractivity contribution in [1.82, 2.24) is 0 Å². The van der Waals surface area contributed by atoms with E-state index < -0.39 is 42.0 Å². The van der Waals surface area contributed by atoms with Gasteiger partial charge in [0.15, 0.2) is 6.61 Å². The van der Waals surface area contributed by atoms with Gasteiger partial charge in [0.1, 0.15) is 5.75 Å². The first-order valence-electron chi connectivity index (χ1n) is 10.7. The van der Waals surface area contributed by atoms with E-state index in [4.69, 9.17) is 18.9 Å². The fourth-order valence-electron chi connectivity index (χ4n) is 2.93. The van der Waals surface area contributed by atoms with E-state index in [9.17, 15) is 24.5 Å². The second-order valence-electron chi connectivity index (χ2n) is 7.34. The molecule has 0 aliphatic rings. The van der Waals surface area contributed by atoms with Crippen molar-refractivity contribution in [1.29, 1.82) is 0 Å². The molecular formula is C23H27NO11. The highest BCUT2D eigenvalue weighted by molar-refractivity contribution is 5.87. The number of nitrogens with zero attached hydrogens (tertiary/aromatic N) is 1. The molecule has 0 saturated heterocycles. The molecule has 12 heteroatoms. The van der Waals surface area contributed by atoms with Crippen LogP contribution in [-0.4, -0.2) is 56.4 Å². The Morgan fingerprint density at radius 2 is 1.60 bits per heavy atom. The van der Waals surface area contributed by atoms with Gasteiger partial charge in [0.05, 0.1) is 26.2 Å². The molecule has 0 aliphatic heterocycles. The third-order valence-corrected chi connectivity index (χ3v) is 4.78. The summed E-state index contributed by atoms with van der Waals surface area (Å²) in [5.41, 5.74) is 0.749. The van der Waals surface area contributed by atoms with Crippen molar-refractivity contribution in [3.8, 4) is 5.75 Å². The van der Waals surface area contributed by atoms with Crippen molar-refractivity contribution in [3.05, 3.63) is 52.1 Å². The zero-order valence-electron chi connectivity index (χ0n) is 19.6. The molecule has 2 aromatic carbocycles. The molecule has 0 radical (unpaired) electrons. The van der Waals surface area contributed by atoms with Gasteiger partial charge in [-0.1, -0.05) is 24.3 Å². The van der Waals surface area contributed by atoms with Gasteiger partial charge in [-0.3, -0.25) is 9.63 Å². The van der Waals surface area contributed by atoms with Gasteiger partial charge in [-0.05, 0) is 55.2 Å². The Kier molecular flexibility index (Phi) is 10.5. The van der Waals surface area contributed by atoms with Gasteiger partial charge in [0.2, 0.25) is 6.29 Å². The molecule has 12 nitrogen and oxygen atoms in total. The molecule has 0 fully saturated rings. The van der Waals surface area contributed by atoms with Crippen LogP contribution in [0.1, 0.15) is 38.2 Å². The molecule has 0 N–H and O–H groups in total. The minimum absolute atomic E-state index is 0.0271. The molecule has 2 unspecified atom stereocenters. The lowest BCUT2D eigenvalue weighted by molar-refractivity contribution is -0.777. The first-order chi connectivity index (χ1) is 16.7. The molecule has 0 heterocycles. The smallest absolute Gasteiger partial charge is 0.497 e. The van der Waals surface area contributed by atoms with E-state index in [1.807, 2.05) is 36.4 Å². The van der Waals surface area contributed by atoms with E-state index in [0.717, 1.165) is 29.0 Å². The number of rotatable bonds is 13. The Labute approximate surface area is 201 Å². The summed E-state index contributed by atoms with van der Waals surface area (Å²) in [5, 5.41) is 10.9. The molecule has 0 amide bonds. The van der Waals surface area contributed by atoms with Crippen LogP contribution in [0.3, 0.4) is 0 Å². The number of ether oxygens (including phenoxy) is 5. The number of fused-ring (bicyclic) bond motifs is 1. The van der Waals surface area contributed by atoms with Gasteiger partial charge < -0.3 is 23.7 Å². The number of esters is 2. The first kappa shape index (κ1) is 27.2. The van der Waals surface area contributed by atoms with Crippen molar-refractivity contribution in [3.63, 3.8) is 0 Å². The summed E-state index contributed by atoms with van der Waals surface area (Å²) >= 11 is 0. The summed E-state index contributed by atoms with van der Waals surface area (Å²) in [7, 11) is 1.59. The second kappa shape index (κ2) is 13.6. The Hall–Kier alpha value is -4.09. The maximum atomic E-state index is 12.3. The van der Waals surface area contributed by atoms with Crippen molar-refractivity contribution in [2.24, 2.45) is 0 Å². The molecule has 0 spiro atoms. The quantitative estimate of drug-likeness (QED) is 0.101. The number of hydrogen-bond acceptors (Lipinski definition) is 11. The van der Waals surface area contributed by atoms with Crippen LogP contribution in [0.5, 0.6) is 5.75 Å². The lowest BCUT2D eigenvalue weighted by Gasteiger charge is -2.13. The number of unbranched alkanes of at least 4 members (excludes halogenated alkanes) is 1. The average Bonchev–Trinajstić information content (AvgIpc) is 2.82. The molecule has 2 atom stereocenters. The van der Waals surface area contributed by atoms with Crippen LogP contribution in [-0.2, 0) is 33.4 Å². The standard InChI is InChI=1S/C23H27NO11/c1-15(17-6-7-19-13-20(30-3)9-8-18(19)12-17)22(26)33-14-21(25)31-10-4-5-11-32-23(27)34-16(2)35-24(28)29/h6-9,12-13,15-16H,4-5,10-11,14H2,1-3H3. The third-order valence-electron chi connectivity index (χ3n) is 4.78. The van der Waals surface area contributed by atoms with Gasteiger partial charge in [-0.25, -0.2) is 9.59 Å². The van der Waals surface area contributed by atoms with Gasteiger partial charge in [0, 0.05) is 0 Å². The van der Waals surface area contributed by atoms with E-state index >= 15 is 0 Å². The van der Waals surface area contributed by atoms with Gasteiger partial charge in [-0.2, -0.15) is 0 Å². The predicted octanol–water partition coefficient (Wildman–Crippen LogP) is 3.53. The molecular weight excluding hydrogens is 466 g/mol. The third kappa shape index (κ3) is 9.35. The van der Waals surface area contributed by atoms with Crippen LogP contribution in [0, 0.1) is 10.1 Å². The monoisotopic (exact) mass is 493 g/mol. The van der Waals surface area contributed by atoms with Crippen molar-refractivity contribution in [2.75, 3.05) is 26.9 Å². The van der Waals surface area contributed by atoms with Gasteiger partial charge >= 0.3 is 18.1 Å². The second-order valence-corrected chi connectivity index (χ2v) is 7.34. The SMILES string of the molecule is COc1ccc2cc(C(C)C(=O)OCC(=O)OCCCCOC(=O)OC(C)O[N+](=O)[O-])ccc2c1. The maximum Gasteiger partial charge on any atom is 0.510 e. The topological polar surface area (TPSA) is 150 Å². The summed E-state index contributed by atoms with van der Waals surface area (Å²) in [4.78, 5) is 49.5. The number of hydrogen-bond donors (Lipinski definition) is 0. The normalized spacial score (nSPS) is 12.2. The fourth-order valence-corrected chi connectivity index (χ4v) is 2.93. The first-order valence-corrected chi connectivity index (χ1v) is 10.7. The molecule has 0 aliphatic carbocycles. The molecule has 35 heavy (non-hydrogen) atoms. The highest BCUT2D eigenvalue weighted by atomic mass is 17.0. The molecule has 2 aromatic rings. The van der Waals surface area contributed by atoms with Crippen LogP contribution in [0.2, 0.25) is 0 Å². The summed E-state index contributed by atoms with van der Waals surface area (Å²) in [5.74, 6) is -1.11. The number of carbonyl (C=O) groups is 3. The number of carbonyl (C=O) groups excluding carboxylic acids is 3. The van der Waals surface area contributed by atoms with Crippen molar-refractivity contribution < 1.29 is 48.0 Å². The molecule has 190 valence electrons. The summed E-state index contributed by atoms with van der Waals surface area (Å²) in [6.07, 6.45) is -1.80. The zero-order chi connectivity index (χ0) is 25.8. The van der Waals surface area contributed by atoms with Gasteiger partial charge in [-0.15, -0.1) is 10.1 Å². The number of benzene rings is 2. The summed E-state index contributed by atoms with van der Waals surface area (Å²) < 4.78 is 24.4. The highest BCUT2D eigenvalue weighted by Crippen LogP contribution is 2.25. The Morgan fingerprint density at radius 3 is 2.29 bits per heavy atom. The molecule has 0 bridgehead atoms. The lowest BCUT2D eigenvalue weighted by atomic mass is 9.98. The van der Waals surface area contributed by atoms with Crippen LogP contribution in [0.25, 0.3) is 10.8 Å². The zero-order valence-corrected chi connectivity index (χ0v) is 19.6. The lowest BCUT2D eigenvalue weighted by Crippen LogP contribution is -2.22. The summed E-state index contributed by atoms with van der Waals surface area (Å²) in [6, 6.07) is 11.2. The van der Waals surface area contributed by atoms with Crippen molar-refractivity contribution >= 4 is 28.9 Å². The van der Waals surface area contributed by atoms with Crippen molar-refractivity contribution in [2.45, 2.75) is 38.9 Å². The average molecular weight is 493 g/mol.